The summed E-state index contributed by atoms with van der Waals surface area (Å²) < 4.78 is 28.2. The molecule has 2 aromatic carbocycles. The minimum Gasteiger partial charge on any atom is -0.352 e. The first-order valence-electron chi connectivity index (χ1n) is 7.97. The lowest BCUT2D eigenvalue weighted by atomic mass is 10.2. The maximum Gasteiger partial charge on any atom is 0.264 e. The number of rotatable bonds is 7. The Bertz CT molecular complexity index is 808. The highest BCUT2D eigenvalue weighted by atomic mass is 127. The molecule has 0 radical (unpaired) electrons. The van der Waals surface area contributed by atoms with Gasteiger partial charge in [-0.25, -0.2) is 8.42 Å². The molecule has 25 heavy (non-hydrogen) atoms. The van der Waals surface area contributed by atoms with Crippen LogP contribution in [0.4, 0.5) is 5.69 Å². The molecule has 0 heterocycles. The molecular formula is C18H21IN2O3S. The number of amides is 1. The smallest absolute Gasteiger partial charge is 0.264 e. The van der Waals surface area contributed by atoms with Gasteiger partial charge in [-0.3, -0.25) is 9.10 Å². The van der Waals surface area contributed by atoms with Gasteiger partial charge in [0.25, 0.3) is 10.0 Å². The van der Waals surface area contributed by atoms with Crippen molar-refractivity contribution in [2.45, 2.75) is 31.2 Å². The van der Waals surface area contributed by atoms with Gasteiger partial charge in [-0.15, -0.1) is 0 Å². The third-order valence-electron chi connectivity index (χ3n) is 3.75. The lowest BCUT2D eigenvalue weighted by molar-refractivity contribution is -0.120. The van der Waals surface area contributed by atoms with E-state index >= 15 is 0 Å². The Morgan fingerprint density at radius 2 is 1.72 bits per heavy atom. The summed E-state index contributed by atoms with van der Waals surface area (Å²) in [6, 6.07) is 15.2. The van der Waals surface area contributed by atoms with E-state index in [-0.39, 0.29) is 23.4 Å². The summed E-state index contributed by atoms with van der Waals surface area (Å²) >= 11 is 2.15. The summed E-state index contributed by atoms with van der Waals surface area (Å²) in [7, 11) is -3.83. The number of carbonyl (C=O) groups excluding carboxylic acids is 1. The zero-order valence-corrected chi connectivity index (χ0v) is 17.1. The van der Waals surface area contributed by atoms with E-state index in [0.29, 0.717) is 5.69 Å². The molecule has 2 aromatic rings. The van der Waals surface area contributed by atoms with Gasteiger partial charge in [0.2, 0.25) is 5.91 Å². The van der Waals surface area contributed by atoms with Crippen molar-refractivity contribution in [1.82, 2.24) is 5.32 Å². The summed E-state index contributed by atoms with van der Waals surface area (Å²) in [6.07, 6.45) is 0.778. The average molecular weight is 472 g/mol. The monoisotopic (exact) mass is 472 g/mol. The molecule has 0 aliphatic rings. The second-order valence-corrected chi connectivity index (χ2v) is 8.79. The number of hydrogen-bond acceptors (Lipinski definition) is 3. The summed E-state index contributed by atoms with van der Waals surface area (Å²) in [5, 5.41) is 2.82. The van der Waals surface area contributed by atoms with Gasteiger partial charge in [-0.05, 0) is 72.3 Å². The lowest BCUT2D eigenvalue weighted by Crippen LogP contribution is -2.43. The van der Waals surface area contributed by atoms with Gasteiger partial charge in [-0.1, -0.05) is 25.1 Å². The molecule has 0 unspecified atom stereocenters. The normalized spacial score (nSPS) is 12.4. The Morgan fingerprint density at radius 3 is 2.28 bits per heavy atom. The minimum atomic E-state index is -3.83. The molecule has 0 aromatic heterocycles. The fourth-order valence-corrected chi connectivity index (χ4v) is 4.00. The summed E-state index contributed by atoms with van der Waals surface area (Å²) in [6.45, 7) is 3.59. The summed E-state index contributed by atoms with van der Waals surface area (Å²) in [5.41, 5.74) is 0.462. The van der Waals surface area contributed by atoms with Gasteiger partial charge in [-0.2, -0.15) is 0 Å². The fraction of sp³-hybridized carbons (Fsp3) is 0.278. The molecule has 0 fully saturated rings. The zero-order valence-electron chi connectivity index (χ0n) is 14.1. The Balaban J connectivity index is 2.39. The first-order chi connectivity index (χ1) is 11.8. The molecule has 0 saturated carbocycles. The van der Waals surface area contributed by atoms with E-state index in [1.807, 2.05) is 26.0 Å². The third kappa shape index (κ3) is 5.18. The molecule has 1 atom stereocenters. The molecule has 0 bridgehead atoms. The van der Waals surface area contributed by atoms with Crippen molar-refractivity contribution in [1.29, 1.82) is 0 Å². The summed E-state index contributed by atoms with van der Waals surface area (Å²) in [5.74, 6) is -0.326. The average Bonchev–Trinajstić information content (AvgIpc) is 2.61. The van der Waals surface area contributed by atoms with Crippen molar-refractivity contribution in [3.05, 3.63) is 58.2 Å². The van der Waals surface area contributed by atoms with Crippen LogP contribution in [0.15, 0.2) is 59.5 Å². The van der Waals surface area contributed by atoms with Crippen molar-refractivity contribution in [2.24, 2.45) is 0 Å². The second-order valence-electron chi connectivity index (χ2n) is 5.68. The van der Waals surface area contributed by atoms with Crippen LogP contribution in [0.2, 0.25) is 0 Å². The first kappa shape index (κ1) is 19.7. The number of anilines is 1. The highest BCUT2D eigenvalue weighted by Gasteiger charge is 2.27. The number of sulfonamides is 1. The van der Waals surface area contributed by atoms with Crippen LogP contribution in [0.3, 0.4) is 0 Å². The third-order valence-corrected chi connectivity index (χ3v) is 6.26. The molecule has 2 rings (SSSR count). The lowest BCUT2D eigenvalue weighted by Gasteiger charge is -2.25. The van der Waals surface area contributed by atoms with Gasteiger partial charge >= 0.3 is 0 Å². The topological polar surface area (TPSA) is 66.5 Å². The van der Waals surface area contributed by atoms with E-state index in [9.17, 15) is 13.2 Å². The van der Waals surface area contributed by atoms with Crippen LogP contribution >= 0.6 is 22.6 Å². The van der Waals surface area contributed by atoms with Gasteiger partial charge < -0.3 is 5.32 Å². The molecule has 1 N–H and O–H groups in total. The van der Waals surface area contributed by atoms with E-state index < -0.39 is 10.0 Å². The number of benzene rings is 2. The van der Waals surface area contributed by atoms with Crippen LogP contribution in [0, 0.1) is 3.57 Å². The largest absolute Gasteiger partial charge is 0.352 e. The van der Waals surface area contributed by atoms with Crippen molar-refractivity contribution in [3.8, 4) is 0 Å². The first-order valence-corrected chi connectivity index (χ1v) is 10.5. The molecule has 134 valence electrons. The Labute approximate surface area is 162 Å². The maximum atomic E-state index is 13.1. The SMILES string of the molecule is CC[C@H](C)NC(=O)CN(c1ccc(I)cc1)S(=O)(=O)c1ccccc1. The van der Waals surface area contributed by atoms with Crippen molar-refractivity contribution in [2.75, 3.05) is 10.8 Å². The number of halogens is 1. The van der Waals surface area contributed by atoms with Gasteiger partial charge in [0, 0.05) is 9.61 Å². The minimum absolute atomic E-state index is 0.00880. The fourth-order valence-electron chi connectivity index (χ4n) is 2.20. The Morgan fingerprint density at radius 1 is 1.12 bits per heavy atom. The van der Waals surface area contributed by atoms with E-state index in [2.05, 4.69) is 27.9 Å². The van der Waals surface area contributed by atoms with Crippen molar-refractivity contribution >= 4 is 44.2 Å². The van der Waals surface area contributed by atoms with Crippen molar-refractivity contribution < 1.29 is 13.2 Å². The molecule has 0 aliphatic heterocycles. The molecule has 7 heteroatoms. The van der Waals surface area contributed by atoms with E-state index in [4.69, 9.17) is 0 Å². The van der Waals surface area contributed by atoms with Gasteiger partial charge in [0.05, 0.1) is 10.6 Å². The zero-order chi connectivity index (χ0) is 18.4. The number of nitrogens with zero attached hydrogens (tertiary/aromatic N) is 1. The maximum absolute atomic E-state index is 13.1. The van der Waals surface area contributed by atoms with Gasteiger partial charge in [0.1, 0.15) is 6.54 Å². The Kier molecular flexibility index (Phi) is 6.83. The standard InChI is InChI=1S/C18H21IN2O3S/c1-3-14(2)20-18(22)13-21(16-11-9-15(19)10-12-16)25(23,24)17-7-5-4-6-8-17/h4-12,14H,3,13H2,1-2H3,(H,20,22)/t14-/m0/s1. The summed E-state index contributed by atoms with van der Waals surface area (Å²) in [4.78, 5) is 12.5. The van der Waals surface area contributed by atoms with Crippen LogP contribution in [0.5, 0.6) is 0 Å². The molecule has 0 spiro atoms. The van der Waals surface area contributed by atoms with Gasteiger partial charge in [0.15, 0.2) is 0 Å². The highest BCUT2D eigenvalue weighted by molar-refractivity contribution is 14.1. The van der Waals surface area contributed by atoms with Crippen LogP contribution in [-0.2, 0) is 14.8 Å². The molecule has 0 aliphatic carbocycles. The quantitative estimate of drug-likeness (QED) is 0.629. The predicted molar refractivity (Wildman–Crippen MR) is 108 cm³/mol. The molecule has 0 saturated heterocycles. The Hall–Kier alpha value is -1.61. The van der Waals surface area contributed by atoms with Crippen LogP contribution < -0.4 is 9.62 Å². The van der Waals surface area contributed by atoms with Crippen molar-refractivity contribution in [3.63, 3.8) is 0 Å². The second kappa shape index (κ2) is 8.66. The number of hydrogen-bond donors (Lipinski definition) is 1. The molecular weight excluding hydrogens is 451 g/mol. The van der Waals surface area contributed by atoms with Crippen LogP contribution in [0.1, 0.15) is 20.3 Å². The number of nitrogens with one attached hydrogen (secondary N) is 1. The van der Waals surface area contributed by atoms with Crippen LogP contribution in [0.25, 0.3) is 0 Å². The predicted octanol–water partition coefficient (Wildman–Crippen LogP) is 3.40. The van der Waals surface area contributed by atoms with Crippen LogP contribution in [-0.4, -0.2) is 26.9 Å². The highest BCUT2D eigenvalue weighted by Crippen LogP contribution is 2.24. The number of carbonyl (C=O) groups is 1. The molecule has 1 amide bonds. The van der Waals surface area contributed by atoms with E-state index in [1.54, 1.807) is 30.3 Å². The molecule has 5 nitrogen and oxygen atoms in total. The van der Waals surface area contributed by atoms with E-state index in [1.165, 1.54) is 12.1 Å². The van der Waals surface area contributed by atoms with E-state index in [0.717, 1.165) is 14.3 Å².